The Morgan fingerprint density at radius 3 is 1.15 bits per heavy atom. The Morgan fingerprint density at radius 2 is 0.950 bits per heavy atom. The molecule has 0 saturated heterocycles. The molecule has 0 unspecified atom stereocenters. The summed E-state index contributed by atoms with van der Waals surface area (Å²) in [5.74, 6) is -2.59. The first-order valence-electron chi connectivity index (χ1n) is 6.29. The van der Waals surface area contributed by atoms with Gasteiger partial charge >= 0.3 is 47.5 Å². The predicted molar refractivity (Wildman–Crippen MR) is 68.2 cm³/mol. The summed E-state index contributed by atoms with van der Waals surface area (Å²) in [6.45, 7) is 1.64. The molecular formula is C12H22NNaO6. The minimum absolute atomic E-state index is 0. The molecule has 0 aromatic rings. The fourth-order valence-corrected chi connectivity index (χ4v) is 1.70. The molecule has 0 aliphatic heterocycles. The molecule has 0 aliphatic rings. The van der Waals surface area contributed by atoms with Gasteiger partial charge in [-0.15, -0.1) is 0 Å². The van der Waals surface area contributed by atoms with E-state index in [1.165, 1.54) is 0 Å². The zero-order valence-corrected chi connectivity index (χ0v) is 13.9. The van der Waals surface area contributed by atoms with Gasteiger partial charge in [-0.2, -0.15) is 0 Å². The van der Waals surface area contributed by atoms with Gasteiger partial charge in [-0.3, -0.25) is 14.4 Å². The Morgan fingerprint density at radius 1 is 0.700 bits per heavy atom. The van der Waals surface area contributed by atoms with Crippen molar-refractivity contribution in [3.63, 3.8) is 0 Å². The van der Waals surface area contributed by atoms with E-state index < -0.39 is 17.9 Å². The molecule has 0 rings (SSSR count). The van der Waals surface area contributed by atoms with E-state index in [0.29, 0.717) is 38.9 Å². The van der Waals surface area contributed by atoms with Crippen molar-refractivity contribution in [2.24, 2.45) is 0 Å². The van der Waals surface area contributed by atoms with Crippen molar-refractivity contribution < 1.29 is 60.7 Å². The van der Waals surface area contributed by atoms with Crippen LogP contribution in [0.3, 0.4) is 0 Å². The van der Waals surface area contributed by atoms with E-state index in [2.05, 4.69) is 0 Å². The smallest absolute Gasteiger partial charge is 1.00 e. The molecule has 0 aliphatic carbocycles. The van der Waals surface area contributed by atoms with Crippen molar-refractivity contribution in [2.45, 2.75) is 38.5 Å². The third kappa shape index (κ3) is 15.4. The average molecular weight is 299 g/mol. The standard InChI is InChI=1S/C12H21NO6.Na.H/c14-10(15)4-1-7-13(8-2-5-11(16)17)9-3-6-12(18)19;;/h1-9H2,(H,14,15)(H,16,17)(H,18,19);;/q;+1;-1. The number of nitrogens with zero attached hydrogens (tertiary/aromatic N) is 1. The van der Waals surface area contributed by atoms with Crippen LogP contribution in [-0.4, -0.2) is 57.8 Å². The second-order valence-electron chi connectivity index (χ2n) is 4.33. The Balaban J connectivity index is -0.00000162. The number of carboxylic acid groups (broad SMARTS) is 3. The van der Waals surface area contributed by atoms with Crippen LogP contribution in [0.4, 0.5) is 0 Å². The zero-order chi connectivity index (χ0) is 14.7. The Hall–Kier alpha value is -0.630. The SMILES string of the molecule is O=C(O)CCCN(CCCC(=O)O)CCCC(=O)O.[H-].[Na+]. The second kappa shape index (κ2) is 13.4. The zero-order valence-electron chi connectivity index (χ0n) is 12.9. The Bertz CT molecular complexity index is 269. The predicted octanol–water partition coefficient (Wildman–Crippen LogP) is -2.00. The van der Waals surface area contributed by atoms with Gasteiger partial charge in [-0.05, 0) is 38.9 Å². The van der Waals surface area contributed by atoms with Gasteiger partial charge in [0.25, 0.3) is 0 Å². The van der Waals surface area contributed by atoms with Crippen LogP contribution in [0.1, 0.15) is 40.0 Å². The quantitative estimate of drug-likeness (QED) is 0.357. The summed E-state index contributed by atoms with van der Waals surface area (Å²) < 4.78 is 0. The molecule has 20 heavy (non-hydrogen) atoms. The molecule has 112 valence electrons. The fourth-order valence-electron chi connectivity index (χ4n) is 1.70. The molecule has 0 bridgehead atoms. The molecule has 8 heteroatoms. The van der Waals surface area contributed by atoms with E-state index >= 15 is 0 Å². The van der Waals surface area contributed by atoms with Crippen LogP contribution < -0.4 is 29.6 Å². The molecule has 0 heterocycles. The van der Waals surface area contributed by atoms with E-state index in [1.807, 2.05) is 4.90 Å². The maximum atomic E-state index is 10.4. The molecule has 0 amide bonds. The molecule has 0 spiro atoms. The van der Waals surface area contributed by atoms with Gasteiger partial charge < -0.3 is 21.6 Å². The van der Waals surface area contributed by atoms with Crippen LogP contribution in [0.15, 0.2) is 0 Å². The van der Waals surface area contributed by atoms with E-state index in [-0.39, 0.29) is 50.2 Å². The maximum Gasteiger partial charge on any atom is 1.00 e. The van der Waals surface area contributed by atoms with Crippen molar-refractivity contribution in [2.75, 3.05) is 19.6 Å². The van der Waals surface area contributed by atoms with Crippen LogP contribution in [0.5, 0.6) is 0 Å². The normalized spacial score (nSPS) is 10.1. The number of aliphatic carboxylic acids is 3. The van der Waals surface area contributed by atoms with Crippen molar-refractivity contribution in [3.05, 3.63) is 0 Å². The van der Waals surface area contributed by atoms with E-state index in [4.69, 9.17) is 15.3 Å². The van der Waals surface area contributed by atoms with Crippen molar-refractivity contribution >= 4 is 17.9 Å². The van der Waals surface area contributed by atoms with Gasteiger partial charge in [0, 0.05) is 19.3 Å². The topological polar surface area (TPSA) is 115 Å². The van der Waals surface area contributed by atoms with Gasteiger partial charge in [0.1, 0.15) is 0 Å². The van der Waals surface area contributed by atoms with Crippen molar-refractivity contribution in [1.29, 1.82) is 0 Å². The van der Waals surface area contributed by atoms with Crippen LogP contribution in [0, 0.1) is 0 Å². The first kappa shape index (κ1) is 21.7. The van der Waals surface area contributed by atoms with Crippen LogP contribution in [0.2, 0.25) is 0 Å². The third-order valence-electron chi connectivity index (χ3n) is 2.59. The largest absolute Gasteiger partial charge is 1.00 e. The van der Waals surface area contributed by atoms with Gasteiger partial charge in [0.15, 0.2) is 0 Å². The molecular weight excluding hydrogens is 277 g/mol. The van der Waals surface area contributed by atoms with Crippen LogP contribution in [-0.2, 0) is 14.4 Å². The van der Waals surface area contributed by atoms with Gasteiger partial charge in [-0.25, -0.2) is 0 Å². The number of hydrogen-bond acceptors (Lipinski definition) is 4. The summed E-state index contributed by atoms with van der Waals surface area (Å²) in [5, 5.41) is 25.7. The molecule has 7 nitrogen and oxygen atoms in total. The minimum atomic E-state index is -0.865. The molecule has 0 aromatic carbocycles. The third-order valence-corrected chi connectivity index (χ3v) is 2.59. The van der Waals surface area contributed by atoms with E-state index in [0.717, 1.165) is 0 Å². The minimum Gasteiger partial charge on any atom is -1.00 e. The molecule has 0 atom stereocenters. The Labute approximate surface area is 141 Å². The summed E-state index contributed by atoms with van der Waals surface area (Å²) in [6.07, 6.45) is 1.64. The average Bonchev–Trinajstić information content (AvgIpc) is 2.26. The van der Waals surface area contributed by atoms with Gasteiger partial charge in [0.05, 0.1) is 0 Å². The van der Waals surface area contributed by atoms with Crippen LogP contribution >= 0.6 is 0 Å². The monoisotopic (exact) mass is 299 g/mol. The van der Waals surface area contributed by atoms with E-state index in [9.17, 15) is 14.4 Å². The number of rotatable bonds is 12. The van der Waals surface area contributed by atoms with Gasteiger partial charge in [-0.1, -0.05) is 0 Å². The summed E-state index contributed by atoms with van der Waals surface area (Å²) in [7, 11) is 0. The fraction of sp³-hybridized carbons (Fsp3) is 0.750. The summed E-state index contributed by atoms with van der Waals surface area (Å²) in [4.78, 5) is 33.2. The molecule has 0 fully saturated rings. The summed E-state index contributed by atoms with van der Waals surface area (Å²) >= 11 is 0. The number of carboxylic acids is 3. The molecule has 0 radical (unpaired) electrons. The number of carbonyl (C=O) groups is 3. The first-order chi connectivity index (χ1) is 8.91. The molecule has 3 N–H and O–H groups in total. The Kier molecular flexibility index (Phi) is 14.5. The first-order valence-corrected chi connectivity index (χ1v) is 6.29. The molecule has 0 saturated carbocycles. The number of hydrogen-bond donors (Lipinski definition) is 3. The van der Waals surface area contributed by atoms with Crippen molar-refractivity contribution in [3.8, 4) is 0 Å². The van der Waals surface area contributed by atoms with Crippen molar-refractivity contribution in [1.82, 2.24) is 4.90 Å². The van der Waals surface area contributed by atoms with Gasteiger partial charge in [0.2, 0.25) is 0 Å². The second-order valence-corrected chi connectivity index (χ2v) is 4.33. The van der Waals surface area contributed by atoms with E-state index in [1.54, 1.807) is 0 Å². The summed E-state index contributed by atoms with van der Waals surface area (Å²) in [5.41, 5.74) is 0. The summed E-state index contributed by atoms with van der Waals surface area (Å²) in [6, 6.07) is 0. The molecule has 0 aromatic heterocycles. The maximum absolute atomic E-state index is 10.4. The van der Waals surface area contributed by atoms with Crippen LogP contribution in [0.25, 0.3) is 0 Å².